The molecule has 2 amide bonds. The average molecular weight is 312 g/mol. The molecule has 0 spiro atoms. The van der Waals surface area contributed by atoms with E-state index >= 15 is 0 Å². The lowest BCUT2D eigenvalue weighted by Crippen LogP contribution is -2.42. The molecule has 1 aliphatic carbocycles. The summed E-state index contributed by atoms with van der Waals surface area (Å²) in [6.45, 7) is 0.922. The number of nitrogens with zero attached hydrogens (tertiary/aromatic N) is 2. The van der Waals surface area contributed by atoms with Crippen LogP contribution in [0.2, 0.25) is 0 Å². The predicted molar refractivity (Wildman–Crippen MR) is 80.7 cm³/mol. The van der Waals surface area contributed by atoms with Gasteiger partial charge in [-0.25, -0.2) is 14.6 Å². The van der Waals surface area contributed by atoms with Crippen molar-refractivity contribution in [3.05, 3.63) is 18.2 Å². The molecule has 2 unspecified atom stereocenters. The SMILES string of the molecule is CSC1CCC(NC(=O)NCCn2cnc(C(=O)O)c2)C1. The summed E-state index contributed by atoms with van der Waals surface area (Å²) in [5.74, 6) is -1.05. The molecule has 7 nitrogen and oxygen atoms in total. The molecular weight excluding hydrogens is 292 g/mol. The highest BCUT2D eigenvalue weighted by Crippen LogP contribution is 2.27. The highest BCUT2D eigenvalue weighted by Gasteiger charge is 2.24. The van der Waals surface area contributed by atoms with Crippen LogP contribution >= 0.6 is 11.8 Å². The number of urea groups is 1. The molecule has 2 atom stereocenters. The molecule has 3 N–H and O–H groups in total. The summed E-state index contributed by atoms with van der Waals surface area (Å²) < 4.78 is 1.64. The van der Waals surface area contributed by atoms with Crippen molar-refractivity contribution in [2.24, 2.45) is 0 Å². The minimum absolute atomic E-state index is 0.00788. The van der Waals surface area contributed by atoms with Crippen molar-refractivity contribution < 1.29 is 14.7 Å². The summed E-state index contributed by atoms with van der Waals surface area (Å²) >= 11 is 1.85. The van der Waals surface area contributed by atoms with Crippen LogP contribution in [0.1, 0.15) is 29.8 Å². The van der Waals surface area contributed by atoms with E-state index in [-0.39, 0.29) is 17.8 Å². The Morgan fingerprint density at radius 1 is 1.52 bits per heavy atom. The summed E-state index contributed by atoms with van der Waals surface area (Å²) in [5, 5.41) is 15.2. The molecule has 116 valence electrons. The highest BCUT2D eigenvalue weighted by atomic mass is 32.2. The van der Waals surface area contributed by atoms with Gasteiger partial charge in [0.05, 0.1) is 6.33 Å². The van der Waals surface area contributed by atoms with Crippen molar-refractivity contribution in [2.45, 2.75) is 37.1 Å². The van der Waals surface area contributed by atoms with Crippen LogP contribution in [0.25, 0.3) is 0 Å². The zero-order valence-corrected chi connectivity index (χ0v) is 12.7. The first-order valence-corrected chi connectivity index (χ1v) is 8.19. The maximum Gasteiger partial charge on any atom is 0.356 e. The van der Waals surface area contributed by atoms with Gasteiger partial charge in [0.15, 0.2) is 5.69 Å². The van der Waals surface area contributed by atoms with Gasteiger partial charge in [0.1, 0.15) is 0 Å². The summed E-state index contributed by atoms with van der Waals surface area (Å²) in [4.78, 5) is 26.2. The van der Waals surface area contributed by atoms with E-state index < -0.39 is 5.97 Å². The monoisotopic (exact) mass is 312 g/mol. The van der Waals surface area contributed by atoms with Crippen LogP contribution in [-0.2, 0) is 6.54 Å². The first-order valence-electron chi connectivity index (χ1n) is 6.90. The zero-order chi connectivity index (χ0) is 15.2. The number of imidazole rings is 1. The van der Waals surface area contributed by atoms with E-state index in [2.05, 4.69) is 21.9 Å². The number of carbonyl (C=O) groups is 2. The standard InChI is InChI=1S/C13H20N4O3S/c1-21-10-3-2-9(6-10)16-13(20)14-4-5-17-7-11(12(18)19)15-8-17/h7-10H,2-6H2,1H3,(H,18,19)(H2,14,16,20). The second-order valence-electron chi connectivity index (χ2n) is 5.07. The van der Waals surface area contributed by atoms with Crippen LogP contribution in [0.15, 0.2) is 12.5 Å². The Morgan fingerprint density at radius 2 is 2.33 bits per heavy atom. The van der Waals surface area contributed by atoms with E-state index in [4.69, 9.17) is 5.11 Å². The molecule has 1 aromatic heterocycles. The lowest BCUT2D eigenvalue weighted by molar-refractivity contribution is 0.0691. The predicted octanol–water partition coefficient (Wildman–Crippen LogP) is 1.16. The molecule has 0 radical (unpaired) electrons. The summed E-state index contributed by atoms with van der Waals surface area (Å²) in [6.07, 6.45) is 8.20. The van der Waals surface area contributed by atoms with Gasteiger partial charge in [-0.2, -0.15) is 11.8 Å². The van der Waals surface area contributed by atoms with Gasteiger partial charge in [0.2, 0.25) is 0 Å². The molecule has 1 aliphatic rings. The molecule has 0 bridgehead atoms. The third-order valence-electron chi connectivity index (χ3n) is 3.56. The minimum atomic E-state index is -1.05. The quantitative estimate of drug-likeness (QED) is 0.732. The fourth-order valence-corrected chi connectivity index (χ4v) is 3.21. The number of thioether (sulfide) groups is 1. The van der Waals surface area contributed by atoms with Gasteiger partial charge in [-0.3, -0.25) is 0 Å². The van der Waals surface area contributed by atoms with Crippen molar-refractivity contribution >= 4 is 23.8 Å². The largest absolute Gasteiger partial charge is 0.476 e. The molecule has 2 rings (SSSR count). The van der Waals surface area contributed by atoms with E-state index in [1.807, 2.05) is 11.8 Å². The van der Waals surface area contributed by atoms with Crippen LogP contribution in [0, 0.1) is 0 Å². The van der Waals surface area contributed by atoms with E-state index in [9.17, 15) is 9.59 Å². The van der Waals surface area contributed by atoms with Gasteiger partial charge in [-0.1, -0.05) is 0 Å². The fraction of sp³-hybridized carbons (Fsp3) is 0.615. The Bertz CT molecular complexity index is 505. The number of carboxylic acid groups (broad SMARTS) is 1. The number of nitrogens with one attached hydrogen (secondary N) is 2. The van der Waals surface area contributed by atoms with E-state index in [1.54, 1.807) is 4.57 Å². The maximum absolute atomic E-state index is 11.7. The fourth-order valence-electron chi connectivity index (χ4n) is 2.41. The number of hydrogen-bond acceptors (Lipinski definition) is 4. The Balaban J connectivity index is 1.66. The van der Waals surface area contributed by atoms with Crippen LogP contribution in [0.3, 0.4) is 0 Å². The Hall–Kier alpha value is -1.70. The number of rotatable bonds is 6. The molecule has 0 saturated heterocycles. The highest BCUT2D eigenvalue weighted by molar-refractivity contribution is 7.99. The lowest BCUT2D eigenvalue weighted by Gasteiger charge is -2.13. The van der Waals surface area contributed by atoms with Crippen molar-refractivity contribution in [1.82, 2.24) is 20.2 Å². The summed E-state index contributed by atoms with van der Waals surface area (Å²) in [5.41, 5.74) is 0.00788. The molecule has 21 heavy (non-hydrogen) atoms. The number of amides is 2. The molecule has 1 saturated carbocycles. The lowest BCUT2D eigenvalue weighted by atomic mass is 10.2. The van der Waals surface area contributed by atoms with Gasteiger partial charge in [-0.15, -0.1) is 0 Å². The minimum Gasteiger partial charge on any atom is -0.476 e. The topological polar surface area (TPSA) is 96.3 Å². The van der Waals surface area contributed by atoms with Gasteiger partial charge < -0.3 is 20.3 Å². The third kappa shape index (κ3) is 4.66. The number of hydrogen-bond donors (Lipinski definition) is 3. The zero-order valence-electron chi connectivity index (χ0n) is 11.9. The Labute approximate surface area is 127 Å². The van der Waals surface area contributed by atoms with E-state index in [1.165, 1.54) is 12.5 Å². The maximum atomic E-state index is 11.7. The molecule has 1 fully saturated rings. The van der Waals surface area contributed by atoms with Crippen molar-refractivity contribution in [2.75, 3.05) is 12.8 Å². The van der Waals surface area contributed by atoms with Gasteiger partial charge in [0, 0.05) is 30.6 Å². The normalized spacial score (nSPS) is 21.2. The van der Waals surface area contributed by atoms with Crippen LogP contribution < -0.4 is 10.6 Å². The van der Waals surface area contributed by atoms with Crippen molar-refractivity contribution in [3.8, 4) is 0 Å². The van der Waals surface area contributed by atoms with E-state index in [0.717, 1.165) is 19.3 Å². The molecule has 1 aromatic rings. The Kier molecular flexibility index (Phi) is 5.49. The molecule has 1 heterocycles. The third-order valence-corrected chi connectivity index (χ3v) is 4.66. The first kappa shape index (κ1) is 15.7. The van der Waals surface area contributed by atoms with Crippen LogP contribution in [-0.4, -0.2) is 50.8 Å². The van der Waals surface area contributed by atoms with Crippen molar-refractivity contribution in [1.29, 1.82) is 0 Å². The molecular formula is C13H20N4O3S. The second-order valence-corrected chi connectivity index (χ2v) is 6.21. The smallest absolute Gasteiger partial charge is 0.356 e. The first-order chi connectivity index (χ1) is 10.1. The van der Waals surface area contributed by atoms with Crippen LogP contribution in [0.4, 0.5) is 4.79 Å². The van der Waals surface area contributed by atoms with Gasteiger partial charge in [0.25, 0.3) is 0 Å². The van der Waals surface area contributed by atoms with E-state index in [0.29, 0.717) is 18.3 Å². The van der Waals surface area contributed by atoms with Crippen LogP contribution in [0.5, 0.6) is 0 Å². The van der Waals surface area contributed by atoms with Gasteiger partial charge in [-0.05, 0) is 25.5 Å². The number of aromatic nitrogens is 2. The second kappa shape index (κ2) is 7.35. The summed E-state index contributed by atoms with van der Waals surface area (Å²) in [7, 11) is 0. The Morgan fingerprint density at radius 3 is 2.95 bits per heavy atom. The summed E-state index contributed by atoms with van der Waals surface area (Å²) in [6, 6.07) is 0.0923. The average Bonchev–Trinajstić information content (AvgIpc) is 3.07. The molecule has 0 aromatic carbocycles. The number of carbonyl (C=O) groups excluding carboxylic acids is 1. The van der Waals surface area contributed by atoms with Gasteiger partial charge >= 0.3 is 12.0 Å². The number of carboxylic acids is 1. The number of aromatic carboxylic acids is 1. The van der Waals surface area contributed by atoms with Crippen molar-refractivity contribution in [3.63, 3.8) is 0 Å². The molecule has 8 heteroatoms. The molecule has 0 aliphatic heterocycles.